The van der Waals surface area contributed by atoms with Crippen molar-refractivity contribution in [1.29, 1.82) is 0 Å². The molecule has 1 amide bonds. The Labute approximate surface area is 97.3 Å². The molecule has 3 heteroatoms. The molecule has 1 aromatic rings. The maximum atomic E-state index is 11.6. The summed E-state index contributed by atoms with van der Waals surface area (Å²) in [5.74, 6) is 0.0821. The Balaban J connectivity index is 2.77. The molecule has 0 radical (unpaired) electrons. The van der Waals surface area contributed by atoms with Crippen LogP contribution in [0, 0.1) is 20.8 Å². The van der Waals surface area contributed by atoms with Crippen LogP contribution in [-0.4, -0.2) is 10.9 Å². The Morgan fingerprint density at radius 1 is 1.38 bits per heavy atom. The molecule has 0 spiro atoms. The van der Waals surface area contributed by atoms with Crippen LogP contribution in [0.2, 0.25) is 0 Å². The first-order valence-corrected chi connectivity index (χ1v) is 5.79. The van der Waals surface area contributed by atoms with Crippen LogP contribution in [0.15, 0.2) is 6.07 Å². The van der Waals surface area contributed by atoms with Crippen molar-refractivity contribution < 1.29 is 4.79 Å². The van der Waals surface area contributed by atoms with E-state index >= 15 is 0 Å². The summed E-state index contributed by atoms with van der Waals surface area (Å²) in [6.45, 7) is 7.96. The summed E-state index contributed by atoms with van der Waals surface area (Å²) in [4.78, 5) is 16.0. The van der Waals surface area contributed by atoms with Gasteiger partial charge in [-0.05, 0) is 38.8 Å². The minimum absolute atomic E-state index is 0.0821. The summed E-state index contributed by atoms with van der Waals surface area (Å²) >= 11 is 0. The van der Waals surface area contributed by atoms with E-state index in [1.807, 2.05) is 26.8 Å². The van der Waals surface area contributed by atoms with Crippen LogP contribution in [0.3, 0.4) is 0 Å². The first-order chi connectivity index (χ1) is 7.54. The quantitative estimate of drug-likeness (QED) is 0.847. The van der Waals surface area contributed by atoms with Crippen LogP contribution in [0.25, 0.3) is 0 Å². The van der Waals surface area contributed by atoms with Crippen molar-refractivity contribution in [2.75, 3.05) is 5.32 Å². The number of hydrogen-bond donors (Lipinski definition) is 1. The summed E-state index contributed by atoms with van der Waals surface area (Å²) in [5.41, 5.74) is 3.82. The van der Waals surface area contributed by atoms with Gasteiger partial charge in [-0.3, -0.25) is 9.78 Å². The second kappa shape index (κ2) is 5.64. The lowest BCUT2D eigenvalue weighted by molar-refractivity contribution is -0.116. The highest BCUT2D eigenvalue weighted by atomic mass is 16.1. The summed E-state index contributed by atoms with van der Waals surface area (Å²) in [5, 5.41) is 2.94. The second-order valence-electron chi connectivity index (χ2n) is 4.19. The molecule has 1 heterocycles. The molecule has 0 saturated heterocycles. The molecular formula is C13H20N2O. The lowest BCUT2D eigenvalue weighted by Gasteiger charge is -2.11. The number of rotatable bonds is 4. The van der Waals surface area contributed by atoms with Gasteiger partial charge in [0, 0.05) is 12.1 Å². The van der Waals surface area contributed by atoms with E-state index < -0.39 is 0 Å². The summed E-state index contributed by atoms with van der Waals surface area (Å²) < 4.78 is 0. The Kier molecular flexibility index (Phi) is 4.47. The fourth-order valence-corrected chi connectivity index (χ4v) is 1.75. The number of unbranched alkanes of at least 4 members (excludes halogenated alkanes) is 1. The molecule has 16 heavy (non-hydrogen) atoms. The number of aryl methyl sites for hydroxylation is 3. The molecule has 3 nitrogen and oxygen atoms in total. The van der Waals surface area contributed by atoms with Gasteiger partial charge in [0.2, 0.25) is 5.91 Å². The summed E-state index contributed by atoms with van der Waals surface area (Å²) in [6.07, 6.45) is 2.56. The highest BCUT2D eigenvalue weighted by molar-refractivity contribution is 5.92. The van der Waals surface area contributed by atoms with Gasteiger partial charge in [0.05, 0.1) is 11.4 Å². The van der Waals surface area contributed by atoms with Crippen LogP contribution in [0.1, 0.15) is 43.1 Å². The average molecular weight is 220 g/mol. The molecule has 0 atom stereocenters. The smallest absolute Gasteiger partial charge is 0.224 e. The molecule has 1 N–H and O–H groups in total. The third-order valence-electron chi connectivity index (χ3n) is 2.55. The minimum Gasteiger partial charge on any atom is -0.324 e. The molecule has 1 aromatic heterocycles. The molecule has 0 saturated carbocycles. The molecule has 88 valence electrons. The fraction of sp³-hybridized carbons (Fsp3) is 0.538. The van der Waals surface area contributed by atoms with Crippen molar-refractivity contribution in [1.82, 2.24) is 4.98 Å². The zero-order valence-electron chi connectivity index (χ0n) is 10.6. The fourth-order valence-electron chi connectivity index (χ4n) is 1.75. The molecule has 0 aliphatic rings. The van der Waals surface area contributed by atoms with Crippen molar-refractivity contribution >= 4 is 11.6 Å². The van der Waals surface area contributed by atoms with Crippen molar-refractivity contribution in [3.05, 3.63) is 23.0 Å². The zero-order chi connectivity index (χ0) is 12.1. The molecule has 0 bridgehead atoms. The van der Waals surface area contributed by atoms with Gasteiger partial charge in [0.1, 0.15) is 0 Å². The van der Waals surface area contributed by atoms with E-state index in [1.165, 1.54) is 0 Å². The Hall–Kier alpha value is -1.38. The maximum absolute atomic E-state index is 11.6. The van der Waals surface area contributed by atoms with Crippen LogP contribution in [0.5, 0.6) is 0 Å². The van der Waals surface area contributed by atoms with Crippen molar-refractivity contribution in [3.8, 4) is 0 Å². The SMILES string of the molecule is CCCCC(=O)Nc1c(C)cc(C)nc1C. The third-order valence-corrected chi connectivity index (χ3v) is 2.55. The predicted octanol–water partition coefficient (Wildman–Crippen LogP) is 3.14. The van der Waals surface area contributed by atoms with Crippen molar-refractivity contribution in [2.45, 2.75) is 47.0 Å². The minimum atomic E-state index is 0.0821. The molecule has 0 aromatic carbocycles. The van der Waals surface area contributed by atoms with E-state index in [1.54, 1.807) is 0 Å². The number of aromatic nitrogens is 1. The first-order valence-electron chi connectivity index (χ1n) is 5.79. The van der Waals surface area contributed by atoms with Crippen LogP contribution < -0.4 is 5.32 Å². The van der Waals surface area contributed by atoms with E-state index in [4.69, 9.17) is 0 Å². The van der Waals surface area contributed by atoms with Crippen LogP contribution >= 0.6 is 0 Å². The van der Waals surface area contributed by atoms with Gasteiger partial charge in [0.25, 0.3) is 0 Å². The number of carbonyl (C=O) groups is 1. The first kappa shape index (κ1) is 12.7. The monoisotopic (exact) mass is 220 g/mol. The number of pyridine rings is 1. The van der Waals surface area contributed by atoms with E-state index in [2.05, 4.69) is 17.2 Å². The standard InChI is InChI=1S/C13H20N2O/c1-5-6-7-12(16)15-13-9(2)8-10(3)14-11(13)4/h8H,5-7H2,1-4H3,(H,15,16). The van der Waals surface area contributed by atoms with E-state index in [0.717, 1.165) is 35.5 Å². The van der Waals surface area contributed by atoms with Gasteiger partial charge < -0.3 is 5.32 Å². The topological polar surface area (TPSA) is 42.0 Å². The zero-order valence-corrected chi connectivity index (χ0v) is 10.6. The molecule has 0 aliphatic carbocycles. The molecule has 1 rings (SSSR count). The molecule has 0 fully saturated rings. The molecule has 0 aliphatic heterocycles. The number of nitrogens with zero attached hydrogens (tertiary/aromatic N) is 1. The summed E-state index contributed by atoms with van der Waals surface area (Å²) in [7, 11) is 0. The van der Waals surface area contributed by atoms with E-state index in [-0.39, 0.29) is 5.91 Å². The summed E-state index contributed by atoms with van der Waals surface area (Å²) in [6, 6.07) is 1.99. The van der Waals surface area contributed by atoms with Gasteiger partial charge in [-0.15, -0.1) is 0 Å². The molecular weight excluding hydrogens is 200 g/mol. The van der Waals surface area contributed by atoms with Gasteiger partial charge >= 0.3 is 0 Å². The molecule has 0 unspecified atom stereocenters. The Morgan fingerprint density at radius 3 is 2.62 bits per heavy atom. The van der Waals surface area contributed by atoms with Crippen molar-refractivity contribution in [2.24, 2.45) is 0 Å². The second-order valence-corrected chi connectivity index (χ2v) is 4.19. The number of anilines is 1. The largest absolute Gasteiger partial charge is 0.324 e. The average Bonchev–Trinajstić information content (AvgIpc) is 2.20. The van der Waals surface area contributed by atoms with Gasteiger partial charge in [0.15, 0.2) is 0 Å². The highest BCUT2D eigenvalue weighted by Gasteiger charge is 2.08. The number of hydrogen-bond acceptors (Lipinski definition) is 2. The van der Waals surface area contributed by atoms with Gasteiger partial charge in [-0.2, -0.15) is 0 Å². The maximum Gasteiger partial charge on any atom is 0.224 e. The van der Waals surface area contributed by atoms with Crippen LogP contribution in [0.4, 0.5) is 5.69 Å². The van der Waals surface area contributed by atoms with Crippen LogP contribution in [-0.2, 0) is 4.79 Å². The highest BCUT2D eigenvalue weighted by Crippen LogP contribution is 2.19. The normalized spacial score (nSPS) is 10.2. The van der Waals surface area contributed by atoms with Gasteiger partial charge in [-0.25, -0.2) is 0 Å². The lowest BCUT2D eigenvalue weighted by Crippen LogP contribution is -2.13. The number of carbonyl (C=O) groups excluding carboxylic acids is 1. The van der Waals surface area contributed by atoms with Gasteiger partial charge in [-0.1, -0.05) is 13.3 Å². The van der Waals surface area contributed by atoms with Crippen molar-refractivity contribution in [3.63, 3.8) is 0 Å². The third kappa shape index (κ3) is 3.33. The number of nitrogens with one attached hydrogen (secondary N) is 1. The Morgan fingerprint density at radius 2 is 2.06 bits per heavy atom. The lowest BCUT2D eigenvalue weighted by atomic mass is 10.1. The number of amides is 1. The predicted molar refractivity (Wildman–Crippen MR) is 66.6 cm³/mol. The van der Waals surface area contributed by atoms with E-state index in [9.17, 15) is 4.79 Å². The Bertz CT molecular complexity index is 363. The van der Waals surface area contributed by atoms with E-state index in [0.29, 0.717) is 6.42 Å².